The Bertz CT molecular complexity index is 638. The average molecular weight is 433 g/mol. The Balaban J connectivity index is 2.66. The van der Waals surface area contributed by atoms with Gasteiger partial charge in [0.25, 0.3) is 0 Å². The maximum Gasteiger partial charge on any atom is 0.305 e. The molecule has 0 aromatic rings. The summed E-state index contributed by atoms with van der Waals surface area (Å²) in [6, 6.07) is 0. The fraction of sp³-hybridized carbons (Fsp3) is 0.864. The number of hydrogen-bond acceptors (Lipinski definition) is 6. The maximum atomic E-state index is 12.5. The van der Waals surface area contributed by atoms with Crippen LogP contribution in [0.25, 0.3) is 0 Å². The van der Waals surface area contributed by atoms with Crippen molar-refractivity contribution in [1.82, 2.24) is 0 Å². The van der Waals surface area contributed by atoms with Gasteiger partial charge in [-0.25, -0.2) is 8.42 Å². The molecule has 2 N–H and O–H groups in total. The Morgan fingerprint density at radius 2 is 1.83 bits per heavy atom. The fourth-order valence-corrected chi connectivity index (χ4v) is 6.25. The SMILES string of the molecule is CCCCC(C)(C)C/C=C(/O)[C@H]1[C@@H](O)CS(=O)(=O)[C@H]1CCCCCCC(=O)OC. The minimum Gasteiger partial charge on any atom is -0.512 e. The third-order valence-electron chi connectivity index (χ3n) is 5.94. The minimum absolute atomic E-state index is 0.0128. The van der Waals surface area contributed by atoms with E-state index in [1.807, 2.05) is 0 Å². The molecule has 1 aliphatic heterocycles. The predicted molar refractivity (Wildman–Crippen MR) is 115 cm³/mol. The number of sulfone groups is 1. The third kappa shape index (κ3) is 8.67. The first kappa shape index (κ1) is 26.0. The van der Waals surface area contributed by atoms with Crippen LogP contribution in [0.5, 0.6) is 0 Å². The molecule has 6 nitrogen and oxygen atoms in total. The number of allylic oxidation sites excluding steroid dienone is 1. The summed E-state index contributed by atoms with van der Waals surface area (Å²) in [6.07, 6.45) is 8.39. The molecule has 0 amide bonds. The van der Waals surface area contributed by atoms with E-state index in [1.165, 1.54) is 7.11 Å². The van der Waals surface area contributed by atoms with E-state index in [-0.39, 0.29) is 22.9 Å². The monoisotopic (exact) mass is 432 g/mol. The van der Waals surface area contributed by atoms with Crippen molar-refractivity contribution >= 4 is 15.8 Å². The summed E-state index contributed by atoms with van der Waals surface area (Å²) >= 11 is 0. The lowest BCUT2D eigenvalue weighted by Crippen LogP contribution is -2.28. The van der Waals surface area contributed by atoms with Crippen LogP contribution in [-0.4, -0.2) is 48.8 Å². The number of aliphatic hydroxyl groups excluding tert-OH is 2. The summed E-state index contributed by atoms with van der Waals surface area (Å²) < 4.78 is 29.6. The summed E-state index contributed by atoms with van der Waals surface area (Å²) in [5.74, 6) is -1.25. The van der Waals surface area contributed by atoms with Crippen LogP contribution in [0.15, 0.2) is 11.8 Å². The van der Waals surface area contributed by atoms with Crippen molar-refractivity contribution in [3.63, 3.8) is 0 Å². The van der Waals surface area contributed by atoms with E-state index in [1.54, 1.807) is 6.08 Å². The van der Waals surface area contributed by atoms with Crippen molar-refractivity contribution < 1.29 is 28.2 Å². The second kappa shape index (κ2) is 11.9. The zero-order valence-corrected chi connectivity index (χ0v) is 19.3. The van der Waals surface area contributed by atoms with Gasteiger partial charge in [-0.1, -0.05) is 52.9 Å². The Hall–Kier alpha value is -1.08. The summed E-state index contributed by atoms with van der Waals surface area (Å²) in [6.45, 7) is 6.42. The van der Waals surface area contributed by atoms with E-state index >= 15 is 0 Å². The lowest BCUT2D eigenvalue weighted by molar-refractivity contribution is -0.140. The van der Waals surface area contributed by atoms with Crippen molar-refractivity contribution in [3.8, 4) is 0 Å². The van der Waals surface area contributed by atoms with Gasteiger partial charge in [0.2, 0.25) is 0 Å². The fourth-order valence-electron chi connectivity index (χ4n) is 4.03. The highest BCUT2D eigenvalue weighted by Gasteiger charge is 2.48. The minimum atomic E-state index is -3.43. The molecular weight excluding hydrogens is 392 g/mol. The molecule has 0 radical (unpaired) electrons. The van der Waals surface area contributed by atoms with E-state index < -0.39 is 27.1 Å². The molecule has 0 aromatic carbocycles. The topological polar surface area (TPSA) is 101 Å². The Kier molecular flexibility index (Phi) is 10.7. The van der Waals surface area contributed by atoms with Gasteiger partial charge in [-0.05, 0) is 37.2 Å². The normalized spacial score (nSPS) is 24.6. The second-order valence-corrected chi connectivity index (χ2v) is 11.4. The van der Waals surface area contributed by atoms with Crippen molar-refractivity contribution in [2.24, 2.45) is 11.3 Å². The van der Waals surface area contributed by atoms with Crippen molar-refractivity contribution in [2.45, 2.75) is 96.3 Å². The van der Waals surface area contributed by atoms with Crippen LogP contribution in [0, 0.1) is 11.3 Å². The maximum absolute atomic E-state index is 12.5. The number of unbranched alkanes of at least 4 members (excludes halogenated alkanes) is 4. The number of ether oxygens (including phenoxy) is 1. The molecule has 0 unspecified atom stereocenters. The van der Waals surface area contributed by atoms with Crippen LogP contribution in [0.1, 0.15) is 85.0 Å². The first-order chi connectivity index (χ1) is 13.5. The molecule has 170 valence electrons. The molecule has 1 heterocycles. The third-order valence-corrected chi connectivity index (χ3v) is 8.20. The van der Waals surface area contributed by atoms with E-state index in [4.69, 9.17) is 0 Å². The zero-order chi connectivity index (χ0) is 22.1. The highest BCUT2D eigenvalue weighted by molar-refractivity contribution is 7.92. The van der Waals surface area contributed by atoms with Crippen LogP contribution in [-0.2, 0) is 19.4 Å². The van der Waals surface area contributed by atoms with E-state index in [9.17, 15) is 23.4 Å². The molecule has 0 spiro atoms. The lowest BCUT2D eigenvalue weighted by Gasteiger charge is -2.24. The molecule has 0 aliphatic carbocycles. The second-order valence-electron chi connectivity index (χ2n) is 9.09. The number of hydrogen-bond donors (Lipinski definition) is 2. The molecule has 1 saturated heterocycles. The largest absolute Gasteiger partial charge is 0.512 e. The van der Waals surface area contributed by atoms with E-state index in [0.717, 1.165) is 32.1 Å². The lowest BCUT2D eigenvalue weighted by atomic mass is 9.82. The van der Waals surface area contributed by atoms with Gasteiger partial charge in [0.05, 0.1) is 35.9 Å². The molecule has 0 saturated carbocycles. The van der Waals surface area contributed by atoms with Gasteiger partial charge in [0, 0.05) is 6.42 Å². The first-order valence-corrected chi connectivity index (χ1v) is 12.6. The van der Waals surface area contributed by atoms with Crippen LogP contribution in [0.2, 0.25) is 0 Å². The van der Waals surface area contributed by atoms with E-state index in [2.05, 4.69) is 25.5 Å². The quantitative estimate of drug-likeness (QED) is 0.255. The van der Waals surface area contributed by atoms with Gasteiger partial charge in [-0.2, -0.15) is 0 Å². The number of carbonyl (C=O) groups excluding carboxylic acids is 1. The Morgan fingerprint density at radius 1 is 1.17 bits per heavy atom. The molecule has 3 atom stereocenters. The van der Waals surface area contributed by atoms with Gasteiger partial charge >= 0.3 is 5.97 Å². The molecule has 1 rings (SSSR count). The van der Waals surface area contributed by atoms with Crippen molar-refractivity contribution in [1.29, 1.82) is 0 Å². The molecule has 29 heavy (non-hydrogen) atoms. The standard InChI is InChI=1S/C22H40O6S/c1-5-6-14-22(2,3)15-13-17(23)21-18(24)16-29(26,27)19(21)11-9-7-8-10-12-20(25)28-4/h13,18-19,21,23-24H,5-12,14-16H2,1-4H3/b17-13+/t18-,19-,21-/m0/s1. The molecule has 1 aliphatic rings. The highest BCUT2D eigenvalue weighted by atomic mass is 32.2. The zero-order valence-electron chi connectivity index (χ0n) is 18.5. The van der Waals surface area contributed by atoms with Gasteiger partial charge in [0.1, 0.15) is 0 Å². The Labute approximate surface area is 176 Å². The summed E-state index contributed by atoms with van der Waals surface area (Å²) in [4.78, 5) is 11.1. The highest BCUT2D eigenvalue weighted by Crippen LogP contribution is 2.37. The summed E-state index contributed by atoms with van der Waals surface area (Å²) in [5, 5.41) is 20.2. The average Bonchev–Trinajstić information content (AvgIpc) is 2.88. The van der Waals surface area contributed by atoms with Gasteiger partial charge in [-0.3, -0.25) is 4.79 Å². The molecule has 0 aromatic heterocycles. The smallest absolute Gasteiger partial charge is 0.305 e. The number of rotatable bonds is 13. The van der Waals surface area contributed by atoms with Crippen LogP contribution >= 0.6 is 0 Å². The van der Waals surface area contributed by atoms with E-state index in [0.29, 0.717) is 32.1 Å². The number of carbonyl (C=O) groups is 1. The molecular formula is C22H40O6S. The van der Waals surface area contributed by atoms with Crippen molar-refractivity contribution in [2.75, 3.05) is 12.9 Å². The van der Waals surface area contributed by atoms with Gasteiger partial charge < -0.3 is 14.9 Å². The number of aliphatic hydroxyl groups is 2. The van der Waals surface area contributed by atoms with Gasteiger partial charge in [0.15, 0.2) is 9.84 Å². The van der Waals surface area contributed by atoms with Crippen molar-refractivity contribution in [3.05, 3.63) is 11.8 Å². The van der Waals surface area contributed by atoms with Crippen LogP contribution < -0.4 is 0 Å². The molecule has 0 bridgehead atoms. The van der Waals surface area contributed by atoms with Crippen LogP contribution in [0.4, 0.5) is 0 Å². The number of esters is 1. The Morgan fingerprint density at radius 3 is 2.45 bits per heavy atom. The van der Waals surface area contributed by atoms with Crippen LogP contribution in [0.3, 0.4) is 0 Å². The summed E-state index contributed by atoms with van der Waals surface area (Å²) in [7, 11) is -2.07. The molecule has 1 fully saturated rings. The molecule has 7 heteroatoms. The predicted octanol–water partition coefficient (Wildman–Crippen LogP) is 4.32. The number of methoxy groups -OCH3 is 1. The first-order valence-electron chi connectivity index (χ1n) is 10.9. The van der Waals surface area contributed by atoms with Gasteiger partial charge in [-0.15, -0.1) is 0 Å². The summed E-state index contributed by atoms with van der Waals surface area (Å²) in [5.41, 5.74) is 0.0293.